The highest BCUT2D eigenvalue weighted by molar-refractivity contribution is 6.02. The third-order valence-corrected chi connectivity index (χ3v) is 14.7. The van der Waals surface area contributed by atoms with Crippen LogP contribution in [0, 0.1) is 0 Å². The van der Waals surface area contributed by atoms with Crippen LogP contribution in [0.3, 0.4) is 0 Å². The molecule has 4 saturated heterocycles. The molecule has 4 fully saturated rings. The molecule has 19 heteroatoms. The second-order valence-corrected chi connectivity index (χ2v) is 20.9. The van der Waals surface area contributed by atoms with E-state index in [9.17, 15) is 43.2 Å². The van der Waals surface area contributed by atoms with Crippen LogP contribution in [0.15, 0.2) is 97.1 Å². The molecule has 4 aliphatic rings. The van der Waals surface area contributed by atoms with Gasteiger partial charge in [-0.2, -0.15) is 0 Å². The zero-order valence-electron chi connectivity index (χ0n) is 44.2. The molecule has 19 nitrogen and oxygen atoms in total. The van der Waals surface area contributed by atoms with E-state index in [2.05, 4.69) is 26.6 Å². The fourth-order valence-corrected chi connectivity index (χ4v) is 10.8. The fourth-order valence-electron chi connectivity index (χ4n) is 10.8. The van der Waals surface area contributed by atoms with Crippen LogP contribution >= 0.6 is 0 Å². The third kappa shape index (κ3) is 13.0. The summed E-state index contributed by atoms with van der Waals surface area (Å²) in [5.41, 5.74) is 2.98. The van der Waals surface area contributed by atoms with E-state index >= 15 is 0 Å². The molecule has 8 rings (SSSR count). The predicted octanol–water partition coefficient (Wildman–Crippen LogP) is 4.82. The molecular weight excluding hydrogens is 983 g/mol. The summed E-state index contributed by atoms with van der Waals surface area (Å²) in [6.45, 7) is 6.87. The molecule has 4 atom stereocenters. The van der Waals surface area contributed by atoms with E-state index in [-0.39, 0.29) is 73.4 Å². The summed E-state index contributed by atoms with van der Waals surface area (Å²) in [5.74, 6) is -2.68. The van der Waals surface area contributed by atoms with Crippen molar-refractivity contribution in [1.82, 2.24) is 46.2 Å². The minimum atomic E-state index is -0.798. The maximum Gasteiger partial charge on any atom is 0.407 e. The van der Waals surface area contributed by atoms with E-state index in [0.29, 0.717) is 122 Å². The van der Waals surface area contributed by atoms with Crippen molar-refractivity contribution in [1.29, 1.82) is 0 Å². The minimum Gasteiger partial charge on any atom is -0.444 e. The zero-order valence-corrected chi connectivity index (χ0v) is 44.2. The van der Waals surface area contributed by atoms with Crippen molar-refractivity contribution in [3.05, 3.63) is 142 Å². The number of carbonyl (C=O) groups is 9. The van der Waals surface area contributed by atoms with Gasteiger partial charge in [-0.25, -0.2) is 4.79 Å². The first-order chi connectivity index (χ1) is 37.0. The maximum atomic E-state index is 14.3. The molecular formula is C58H69N9O10. The van der Waals surface area contributed by atoms with Crippen LogP contribution < -0.4 is 26.6 Å². The maximum absolute atomic E-state index is 14.3. The zero-order chi connectivity index (χ0) is 54.8. The Morgan fingerprint density at radius 1 is 0.416 bits per heavy atom. The number of hydrogen-bond acceptors (Lipinski definition) is 10. The van der Waals surface area contributed by atoms with E-state index in [1.807, 2.05) is 0 Å². The Balaban J connectivity index is 0.859. The lowest BCUT2D eigenvalue weighted by Gasteiger charge is -2.27. The van der Waals surface area contributed by atoms with Crippen LogP contribution in [0.5, 0.6) is 0 Å². The molecule has 4 aromatic rings. The van der Waals surface area contributed by atoms with Gasteiger partial charge in [0.25, 0.3) is 23.6 Å². The lowest BCUT2D eigenvalue weighted by atomic mass is 10.0. The van der Waals surface area contributed by atoms with Crippen molar-refractivity contribution in [3.8, 4) is 0 Å². The molecule has 0 bridgehead atoms. The number of rotatable bonds is 16. The first kappa shape index (κ1) is 55.2. The van der Waals surface area contributed by atoms with Crippen molar-refractivity contribution in [3.63, 3.8) is 0 Å². The number of amides is 9. The van der Waals surface area contributed by atoms with Crippen molar-refractivity contribution >= 4 is 53.4 Å². The number of likely N-dealkylation sites (N-methyl/N-ethyl adjacent to an activating group) is 1. The summed E-state index contributed by atoms with van der Waals surface area (Å²) < 4.78 is 5.36. The van der Waals surface area contributed by atoms with E-state index in [1.54, 1.807) is 140 Å². The number of nitrogens with zero attached hydrogens (tertiary/aromatic N) is 4. The lowest BCUT2D eigenvalue weighted by molar-refractivity contribution is -0.125. The third-order valence-electron chi connectivity index (χ3n) is 14.7. The highest BCUT2D eigenvalue weighted by Crippen LogP contribution is 2.28. The van der Waals surface area contributed by atoms with Gasteiger partial charge in [0.1, 0.15) is 29.8 Å². The van der Waals surface area contributed by atoms with Crippen molar-refractivity contribution in [2.24, 2.45) is 0 Å². The van der Waals surface area contributed by atoms with Gasteiger partial charge in [-0.15, -0.1) is 0 Å². The Bertz CT molecular complexity index is 2900. The molecule has 0 aromatic heterocycles. The normalized spacial score (nSPS) is 19.1. The Kier molecular flexibility index (Phi) is 17.7. The summed E-state index contributed by atoms with van der Waals surface area (Å²) in [6.07, 6.45) is 3.76. The minimum absolute atomic E-state index is 0.000391. The van der Waals surface area contributed by atoms with E-state index in [0.717, 1.165) is 0 Å². The summed E-state index contributed by atoms with van der Waals surface area (Å²) in [5, 5.41) is 14.2. The summed E-state index contributed by atoms with van der Waals surface area (Å²) >= 11 is 0. The summed E-state index contributed by atoms with van der Waals surface area (Å²) in [4.78, 5) is 129. The Morgan fingerprint density at radius 3 is 0.948 bits per heavy atom. The fraction of sp³-hybridized carbons (Fsp3) is 0.431. The van der Waals surface area contributed by atoms with Gasteiger partial charge >= 0.3 is 6.09 Å². The largest absolute Gasteiger partial charge is 0.444 e. The van der Waals surface area contributed by atoms with Crippen LogP contribution in [-0.4, -0.2) is 136 Å². The first-order valence-electron chi connectivity index (χ1n) is 26.6. The topological polar surface area (TPSA) is 236 Å². The van der Waals surface area contributed by atoms with Gasteiger partial charge in [-0.05, 0) is 119 Å². The average molecular weight is 1050 g/mol. The molecule has 406 valence electrons. The molecule has 77 heavy (non-hydrogen) atoms. The number of nitrogens with one attached hydrogen (secondary N) is 5. The highest BCUT2D eigenvalue weighted by atomic mass is 16.6. The highest BCUT2D eigenvalue weighted by Gasteiger charge is 2.40. The van der Waals surface area contributed by atoms with Crippen molar-refractivity contribution < 1.29 is 47.9 Å². The molecule has 4 heterocycles. The smallest absolute Gasteiger partial charge is 0.407 e. The Labute approximate surface area is 448 Å². The summed E-state index contributed by atoms with van der Waals surface area (Å²) in [7, 11) is 1.55. The first-order valence-corrected chi connectivity index (χ1v) is 26.6. The van der Waals surface area contributed by atoms with E-state index < -0.39 is 35.9 Å². The Morgan fingerprint density at radius 2 is 0.675 bits per heavy atom. The number of carbonyl (C=O) groups excluding carboxylic acids is 9. The molecule has 0 unspecified atom stereocenters. The van der Waals surface area contributed by atoms with Gasteiger partial charge in [0, 0.05) is 81.7 Å². The number of hydrogen-bond donors (Lipinski definition) is 5. The van der Waals surface area contributed by atoms with Gasteiger partial charge in [0.05, 0.1) is 0 Å². The molecule has 9 amide bonds. The number of ether oxygens (including phenoxy) is 1. The lowest BCUT2D eigenvalue weighted by Crippen LogP contribution is -2.47. The summed E-state index contributed by atoms with van der Waals surface area (Å²) in [6, 6.07) is 24.8. The predicted molar refractivity (Wildman–Crippen MR) is 285 cm³/mol. The molecule has 4 aliphatic heterocycles. The molecule has 0 spiro atoms. The van der Waals surface area contributed by atoms with Gasteiger partial charge in [-0.3, -0.25) is 38.4 Å². The average Bonchev–Trinajstić information content (AvgIpc) is 4.32. The second-order valence-electron chi connectivity index (χ2n) is 20.9. The van der Waals surface area contributed by atoms with Gasteiger partial charge in [0.15, 0.2) is 0 Å². The molecule has 0 aliphatic carbocycles. The molecule has 0 radical (unpaired) electrons. The number of alkyl carbamates (subject to hydrolysis) is 1. The van der Waals surface area contributed by atoms with Crippen LogP contribution in [0.25, 0.3) is 0 Å². The van der Waals surface area contributed by atoms with Crippen LogP contribution in [0.4, 0.5) is 4.79 Å². The Hall–Kier alpha value is -8.09. The van der Waals surface area contributed by atoms with Crippen molar-refractivity contribution in [2.75, 3.05) is 33.2 Å². The van der Waals surface area contributed by atoms with Crippen LogP contribution in [0.2, 0.25) is 0 Å². The number of likely N-dealkylation sites (tertiary alicyclic amines) is 4. The molecule has 5 N–H and O–H groups in total. The van der Waals surface area contributed by atoms with Crippen LogP contribution in [0.1, 0.15) is 136 Å². The van der Waals surface area contributed by atoms with Crippen LogP contribution in [-0.2, 0) is 50.1 Å². The quantitative estimate of drug-likeness (QED) is 0.103. The van der Waals surface area contributed by atoms with E-state index in [4.69, 9.17) is 4.74 Å². The standard InChI is InChI=1S/C58H69N9O10/c1-58(2,3)77-57(76)63-36-40-20-8-12-24-44(40)56(75)67-32-16-28-48(67)52(71)62-35-39-19-7-11-23-43(39)55(74)66-31-15-27-47(66)51(70)61-34-38-18-6-10-22-42(38)54(73)65-30-14-26-46(65)50(69)60-33-37-17-5-9-21-41(37)53(72)64-29-13-25-45(64)49(68)59-4/h5-12,17-24,45-48H,13-16,25-36H2,1-4H3,(H,59,68)(H,60,69)(H,61,70)(H,62,71)(H,63,76)/t45-,46-,47-,48-/m0/s1. The SMILES string of the molecule is CNC(=O)[C@@H]1CCCN1C(=O)c1ccccc1CNC(=O)[C@@H]1CCCN1C(=O)c1ccccc1CNC(=O)[C@@H]1CCCN1C(=O)c1ccccc1CNC(=O)[C@@H]1CCCN1C(=O)c1ccccc1CNC(=O)OC(C)(C)C. The van der Waals surface area contributed by atoms with E-state index in [1.165, 1.54) is 4.90 Å². The second kappa shape index (κ2) is 24.7. The number of benzene rings is 4. The molecule has 0 saturated carbocycles. The molecule has 4 aromatic carbocycles. The monoisotopic (exact) mass is 1050 g/mol. The van der Waals surface area contributed by atoms with Gasteiger partial charge in [-0.1, -0.05) is 72.8 Å². The van der Waals surface area contributed by atoms with Crippen molar-refractivity contribution in [2.45, 2.75) is 128 Å². The van der Waals surface area contributed by atoms with Gasteiger partial charge < -0.3 is 50.9 Å². The van der Waals surface area contributed by atoms with Gasteiger partial charge in [0.2, 0.25) is 23.6 Å².